The Morgan fingerprint density at radius 1 is 0.556 bits per heavy atom. The third-order valence-electron chi connectivity index (χ3n) is 9.34. The van der Waals surface area contributed by atoms with Gasteiger partial charge in [0.2, 0.25) is 0 Å². The van der Waals surface area contributed by atoms with Crippen molar-refractivity contribution in [1.29, 1.82) is 0 Å². The van der Waals surface area contributed by atoms with Crippen LogP contribution in [0.2, 0.25) is 0 Å². The SMILES string of the molecule is C=CC1CCC(C2CCC(C3C=CC(C4CCC(C)CC4)CC3)CC2)CC1. The van der Waals surface area contributed by atoms with Crippen LogP contribution < -0.4 is 0 Å². The van der Waals surface area contributed by atoms with Crippen LogP contribution >= 0.6 is 0 Å². The molecule has 4 aliphatic carbocycles. The van der Waals surface area contributed by atoms with Gasteiger partial charge in [-0.15, -0.1) is 6.58 Å². The van der Waals surface area contributed by atoms with Gasteiger partial charge in [-0.2, -0.15) is 0 Å². The maximum absolute atomic E-state index is 4.02. The van der Waals surface area contributed by atoms with Gasteiger partial charge in [0.1, 0.15) is 0 Å². The Kier molecular flexibility index (Phi) is 6.83. The summed E-state index contributed by atoms with van der Waals surface area (Å²) in [4.78, 5) is 0. The largest absolute Gasteiger partial charge is 0.103 e. The van der Waals surface area contributed by atoms with Gasteiger partial charge in [-0.25, -0.2) is 0 Å². The molecule has 0 saturated heterocycles. The zero-order valence-electron chi connectivity index (χ0n) is 18.0. The zero-order chi connectivity index (χ0) is 18.6. The number of allylic oxidation sites excluding steroid dienone is 3. The minimum absolute atomic E-state index is 0.824. The maximum Gasteiger partial charge on any atom is -0.0205 e. The van der Waals surface area contributed by atoms with Crippen molar-refractivity contribution in [2.24, 2.45) is 47.3 Å². The lowest BCUT2D eigenvalue weighted by Gasteiger charge is -2.40. The molecule has 0 aromatic carbocycles. The Morgan fingerprint density at radius 3 is 1.41 bits per heavy atom. The number of rotatable bonds is 4. The predicted molar refractivity (Wildman–Crippen MR) is 118 cm³/mol. The first-order valence-electron chi connectivity index (χ1n) is 12.5. The molecule has 0 nitrogen and oxygen atoms in total. The second-order valence-corrected chi connectivity index (χ2v) is 10.9. The second-order valence-electron chi connectivity index (χ2n) is 10.9. The second kappa shape index (κ2) is 9.32. The maximum atomic E-state index is 4.02. The van der Waals surface area contributed by atoms with Crippen molar-refractivity contribution in [2.45, 2.75) is 96.8 Å². The smallest absolute Gasteiger partial charge is 0.0205 e. The van der Waals surface area contributed by atoms with E-state index in [-0.39, 0.29) is 0 Å². The van der Waals surface area contributed by atoms with Gasteiger partial charge in [0.25, 0.3) is 0 Å². The highest BCUT2D eigenvalue weighted by Crippen LogP contribution is 2.46. The van der Waals surface area contributed by atoms with E-state index >= 15 is 0 Å². The highest BCUT2D eigenvalue weighted by atomic mass is 14.4. The first-order valence-corrected chi connectivity index (χ1v) is 12.5. The van der Waals surface area contributed by atoms with Crippen LogP contribution in [0.25, 0.3) is 0 Å². The fourth-order valence-corrected chi connectivity index (χ4v) is 7.26. The summed E-state index contributed by atoms with van der Waals surface area (Å²) >= 11 is 0. The van der Waals surface area contributed by atoms with Gasteiger partial charge < -0.3 is 0 Å². The van der Waals surface area contributed by atoms with Crippen molar-refractivity contribution in [3.8, 4) is 0 Å². The molecule has 0 heteroatoms. The van der Waals surface area contributed by atoms with Crippen molar-refractivity contribution in [1.82, 2.24) is 0 Å². The summed E-state index contributed by atoms with van der Waals surface area (Å²) in [6, 6.07) is 0. The molecule has 0 aromatic heterocycles. The average Bonchev–Trinajstić information content (AvgIpc) is 2.75. The van der Waals surface area contributed by atoms with Crippen LogP contribution in [0.3, 0.4) is 0 Å². The fourth-order valence-electron chi connectivity index (χ4n) is 7.26. The summed E-state index contributed by atoms with van der Waals surface area (Å²) in [6.07, 6.45) is 28.4. The summed E-state index contributed by atoms with van der Waals surface area (Å²) < 4.78 is 0. The van der Waals surface area contributed by atoms with E-state index in [1.54, 1.807) is 0 Å². The van der Waals surface area contributed by atoms with Crippen LogP contribution in [-0.4, -0.2) is 0 Å². The molecule has 0 radical (unpaired) electrons. The van der Waals surface area contributed by atoms with Gasteiger partial charge in [-0.05, 0) is 124 Å². The van der Waals surface area contributed by atoms with Crippen LogP contribution in [0.1, 0.15) is 96.8 Å². The molecule has 0 heterocycles. The Bertz CT molecular complexity index is 478. The van der Waals surface area contributed by atoms with E-state index < -0.39 is 0 Å². The molecule has 0 spiro atoms. The average molecular weight is 369 g/mol. The van der Waals surface area contributed by atoms with E-state index in [4.69, 9.17) is 0 Å². The minimum Gasteiger partial charge on any atom is -0.103 e. The van der Waals surface area contributed by atoms with E-state index in [0.717, 1.165) is 47.3 Å². The molecule has 0 bridgehead atoms. The normalized spacial score (nSPS) is 46.1. The minimum atomic E-state index is 0.824. The third-order valence-corrected chi connectivity index (χ3v) is 9.34. The highest BCUT2D eigenvalue weighted by Gasteiger charge is 2.34. The van der Waals surface area contributed by atoms with Crippen LogP contribution in [-0.2, 0) is 0 Å². The molecule has 152 valence electrons. The fraction of sp³-hybridized carbons (Fsp3) is 0.852. The lowest BCUT2D eigenvalue weighted by atomic mass is 9.65. The number of hydrogen-bond donors (Lipinski definition) is 0. The molecular weight excluding hydrogens is 324 g/mol. The third kappa shape index (κ3) is 4.91. The summed E-state index contributed by atoms with van der Waals surface area (Å²) in [5.74, 6) is 7.77. The molecule has 0 N–H and O–H groups in total. The van der Waals surface area contributed by atoms with E-state index in [2.05, 4.69) is 31.7 Å². The summed E-state index contributed by atoms with van der Waals surface area (Å²) in [5, 5.41) is 0. The molecule has 27 heavy (non-hydrogen) atoms. The van der Waals surface area contributed by atoms with E-state index in [9.17, 15) is 0 Å². The van der Waals surface area contributed by atoms with Crippen molar-refractivity contribution < 1.29 is 0 Å². The Labute approximate surface area is 169 Å². The highest BCUT2D eigenvalue weighted by molar-refractivity contribution is 5.03. The molecule has 2 atom stereocenters. The van der Waals surface area contributed by atoms with Gasteiger partial charge in [0.05, 0.1) is 0 Å². The first kappa shape index (κ1) is 19.8. The Balaban J connectivity index is 1.21. The van der Waals surface area contributed by atoms with E-state index in [1.807, 2.05) is 0 Å². The van der Waals surface area contributed by atoms with Gasteiger partial charge in [-0.3, -0.25) is 0 Å². The van der Waals surface area contributed by atoms with Gasteiger partial charge in [-0.1, -0.05) is 38.0 Å². The lowest BCUT2D eigenvalue weighted by molar-refractivity contribution is 0.132. The van der Waals surface area contributed by atoms with E-state index in [1.165, 1.54) is 89.9 Å². The van der Waals surface area contributed by atoms with Crippen LogP contribution in [0.15, 0.2) is 24.8 Å². The topological polar surface area (TPSA) is 0 Å². The predicted octanol–water partition coefficient (Wildman–Crippen LogP) is 8.19. The van der Waals surface area contributed by atoms with Gasteiger partial charge in [0.15, 0.2) is 0 Å². The molecule has 2 unspecified atom stereocenters. The van der Waals surface area contributed by atoms with Crippen LogP contribution in [0.4, 0.5) is 0 Å². The molecule has 4 aliphatic rings. The van der Waals surface area contributed by atoms with Gasteiger partial charge >= 0.3 is 0 Å². The molecule has 3 saturated carbocycles. The Hall–Kier alpha value is -0.520. The van der Waals surface area contributed by atoms with Crippen molar-refractivity contribution >= 4 is 0 Å². The van der Waals surface area contributed by atoms with Crippen molar-refractivity contribution in [2.75, 3.05) is 0 Å². The summed E-state index contributed by atoms with van der Waals surface area (Å²) in [7, 11) is 0. The quantitative estimate of drug-likeness (QED) is 0.439. The van der Waals surface area contributed by atoms with Crippen LogP contribution in [0.5, 0.6) is 0 Å². The lowest BCUT2D eigenvalue weighted by Crippen LogP contribution is -2.29. The molecule has 0 aromatic rings. The molecular formula is C27H44. The Morgan fingerprint density at radius 2 is 0.963 bits per heavy atom. The molecule has 3 fully saturated rings. The standard InChI is InChI=1S/C27H44/c1-3-21-6-10-23(11-7-21)25-14-18-27(19-15-25)26-16-12-24(13-17-26)22-8-4-20(2)5-9-22/h3,12,16,20-27H,1,4-11,13-15,17-19H2,2H3. The van der Waals surface area contributed by atoms with E-state index in [0.29, 0.717) is 0 Å². The molecule has 4 rings (SSSR count). The number of hydrogen-bond acceptors (Lipinski definition) is 0. The van der Waals surface area contributed by atoms with Gasteiger partial charge in [0, 0.05) is 0 Å². The first-order chi connectivity index (χ1) is 13.2. The summed E-state index contributed by atoms with van der Waals surface area (Å²) in [5.41, 5.74) is 0. The summed E-state index contributed by atoms with van der Waals surface area (Å²) in [6.45, 7) is 6.46. The zero-order valence-corrected chi connectivity index (χ0v) is 18.0. The van der Waals surface area contributed by atoms with Crippen molar-refractivity contribution in [3.05, 3.63) is 24.8 Å². The molecule has 0 amide bonds. The van der Waals surface area contributed by atoms with Crippen LogP contribution in [0, 0.1) is 47.3 Å². The molecule has 0 aliphatic heterocycles. The monoisotopic (exact) mass is 368 g/mol. The van der Waals surface area contributed by atoms with Crippen molar-refractivity contribution in [3.63, 3.8) is 0 Å².